The van der Waals surface area contributed by atoms with Crippen LogP contribution >= 0.6 is 11.6 Å². The second-order valence-electron chi connectivity index (χ2n) is 4.54. The van der Waals surface area contributed by atoms with Gasteiger partial charge in [0.25, 0.3) is 10.0 Å². The van der Waals surface area contributed by atoms with Gasteiger partial charge in [-0.15, -0.1) is 0 Å². The fourth-order valence-electron chi connectivity index (χ4n) is 1.83. The van der Waals surface area contributed by atoms with E-state index in [1.807, 2.05) is 0 Å². The molecule has 2 rings (SSSR count). The molecule has 0 aliphatic rings. The number of aryl methyl sites for hydroxylation is 1. The molecule has 0 aliphatic carbocycles. The van der Waals surface area contributed by atoms with Crippen LogP contribution in [0.3, 0.4) is 0 Å². The molecule has 20 heavy (non-hydrogen) atoms. The maximum atomic E-state index is 12.4. The van der Waals surface area contributed by atoms with Crippen molar-refractivity contribution in [3.63, 3.8) is 0 Å². The van der Waals surface area contributed by atoms with Gasteiger partial charge in [-0.25, -0.2) is 8.42 Å². The van der Waals surface area contributed by atoms with Crippen molar-refractivity contribution in [1.29, 1.82) is 0 Å². The van der Waals surface area contributed by atoms with Gasteiger partial charge in [-0.05, 0) is 49.2 Å². The molecule has 0 bridgehead atoms. The van der Waals surface area contributed by atoms with Crippen LogP contribution in [0.25, 0.3) is 0 Å². The van der Waals surface area contributed by atoms with Crippen molar-refractivity contribution >= 4 is 33.0 Å². The summed E-state index contributed by atoms with van der Waals surface area (Å²) >= 11 is 5.89. The summed E-state index contributed by atoms with van der Waals surface area (Å²) in [6, 6.07) is 9.84. The van der Waals surface area contributed by atoms with E-state index in [1.54, 1.807) is 44.2 Å². The van der Waals surface area contributed by atoms with Crippen LogP contribution in [-0.4, -0.2) is 8.42 Å². The van der Waals surface area contributed by atoms with Crippen molar-refractivity contribution in [2.45, 2.75) is 18.7 Å². The quantitative estimate of drug-likeness (QED) is 0.854. The summed E-state index contributed by atoms with van der Waals surface area (Å²) in [5.41, 5.74) is 7.97. The van der Waals surface area contributed by atoms with Crippen LogP contribution in [-0.2, 0) is 10.0 Å². The fourth-order valence-corrected chi connectivity index (χ4v) is 3.40. The highest BCUT2D eigenvalue weighted by Crippen LogP contribution is 2.26. The van der Waals surface area contributed by atoms with Gasteiger partial charge in [-0.3, -0.25) is 4.72 Å². The molecule has 0 atom stereocenters. The first-order valence-electron chi connectivity index (χ1n) is 5.95. The molecule has 0 fully saturated rings. The standard InChI is InChI=1S/C14H15ClN2O2S/c1-9-6-7-11(15)8-13(9)17-20(18,19)14-5-3-4-12(16)10(14)2/h3-8,17H,16H2,1-2H3. The molecule has 2 aromatic rings. The van der Waals surface area contributed by atoms with Crippen LogP contribution in [0.15, 0.2) is 41.3 Å². The average molecular weight is 311 g/mol. The van der Waals surface area contributed by atoms with Crippen LogP contribution in [0.4, 0.5) is 11.4 Å². The molecule has 4 nitrogen and oxygen atoms in total. The normalized spacial score (nSPS) is 11.3. The maximum Gasteiger partial charge on any atom is 0.262 e. The van der Waals surface area contributed by atoms with Crippen molar-refractivity contribution in [3.8, 4) is 0 Å². The Morgan fingerprint density at radius 2 is 1.85 bits per heavy atom. The summed E-state index contributed by atoms with van der Waals surface area (Å²) < 4.78 is 27.4. The number of sulfonamides is 1. The second-order valence-corrected chi connectivity index (χ2v) is 6.62. The van der Waals surface area contributed by atoms with Crippen molar-refractivity contribution in [2.24, 2.45) is 0 Å². The minimum absolute atomic E-state index is 0.164. The third kappa shape index (κ3) is 2.89. The number of rotatable bonds is 3. The van der Waals surface area contributed by atoms with Gasteiger partial charge in [0.2, 0.25) is 0 Å². The van der Waals surface area contributed by atoms with Crippen molar-refractivity contribution in [3.05, 3.63) is 52.5 Å². The second kappa shape index (κ2) is 5.34. The van der Waals surface area contributed by atoms with Gasteiger partial charge in [0.1, 0.15) is 0 Å². The van der Waals surface area contributed by atoms with E-state index < -0.39 is 10.0 Å². The number of nitrogen functional groups attached to an aromatic ring is 1. The zero-order valence-electron chi connectivity index (χ0n) is 11.1. The first kappa shape index (κ1) is 14.7. The molecule has 6 heteroatoms. The lowest BCUT2D eigenvalue weighted by Gasteiger charge is -2.13. The van der Waals surface area contributed by atoms with Crippen LogP contribution < -0.4 is 10.5 Å². The lowest BCUT2D eigenvalue weighted by atomic mass is 10.2. The molecule has 0 aliphatic heterocycles. The number of nitrogens with two attached hydrogens (primary N) is 1. The van der Waals surface area contributed by atoms with Gasteiger partial charge >= 0.3 is 0 Å². The molecular weight excluding hydrogens is 296 g/mol. The lowest BCUT2D eigenvalue weighted by Crippen LogP contribution is -2.15. The molecule has 0 spiro atoms. The number of benzene rings is 2. The fraction of sp³-hybridized carbons (Fsp3) is 0.143. The molecule has 0 amide bonds. The smallest absolute Gasteiger partial charge is 0.262 e. The van der Waals surface area contributed by atoms with E-state index in [4.69, 9.17) is 17.3 Å². The maximum absolute atomic E-state index is 12.4. The molecule has 0 unspecified atom stereocenters. The van der Waals surface area contributed by atoms with Gasteiger partial charge in [0.15, 0.2) is 0 Å². The highest BCUT2D eigenvalue weighted by Gasteiger charge is 2.18. The van der Waals surface area contributed by atoms with Gasteiger partial charge in [0, 0.05) is 10.7 Å². The minimum Gasteiger partial charge on any atom is -0.398 e. The molecule has 0 saturated carbocycles. The van der Waals surface area contributed by atoms with E-state index in [9.17, 15) is 8.42 Å². The number of halogens is 1. The third-order valence-electron chi connectivity index (χ3n) is 3.06. The number of nitrogens with one attached hydrogen (secondary N) is 1. The Labute approximate surface area is 123 Å². The number of hydrogen-bond donors (Lipinski definition) is 2. The topological polar surface area (TPSA) is 72.2 Å². The number of hydrogen-bond acceptors (Lipinski definition) is 3. The Morgan fingerprint density at radius 3 is 2.55 bits per heavy atom. The van der Waals surface area contributed by atoms with Crippen LogP contribution in [0.5, 0.6) is 0 Å². The summed E-state index contributed by atoms with van der Waals surface area (Å²) in [6.07, 6.45) is 0. The van der Waals surface area contributed by atoms with Crippen molar-refractivity contribution in [1.82, 2.24) is 0 Å². The van der Waals surface area contributed by atoms with Crippen LogP contribution in [0.2, 0.25) is 5.02 Å². The molecular formula is C14H15ClN2O2S. The van der Waals surface area contributed by atoms with Gasteiger partial charge in [-0.1, -0.05) is 23.7 Å². The third-order valence-corrected chi connectivity index (χ3v) is 4.80. The van der Waals surface area contributed by atoms with Crippen molar-refractivity contribution < 1.29 is 8.42 Å². The molecule has 0 radical (unpaired) electrons. The predicted octanol–water partition coefficient (Wildman–Crippen LogP) is 3.34. The lowest BCUT2D eigenvalue weighted by molar-refractivity contribution is 0.600. The highest BCUT2D eigenvalue weighted by molar-refractivity contribution is 7.92. The van der Waals surface area contributed by atoms with E-state index in [2.05, 4.69) is 4.72 Å². The Hall–Kier alpha value is -1.72. The van der Waals surface area contributed by atoms with Crippen LogP contribution in [0, 0.1) is 13.8 Å². The monoisotopic (exact) mass is 310 g/mol. The summed E-state index contributed by atoms with van der Waals surface area (Å²) in [6.45, 7) is 3.48. The van der Waals surface area contributed by atoms with E-state index in [1.165, 1.54) is 6.07 Å². The summed E-state index contributed by atoms with van der Waals surface area (Å²) in [5.74, 6) is 0. The average Bonchev–Trinajstić information content (AvgIpc) is 2.36. The Kier molecular flexibility index (Phi) is 3.92. The molecule has 2 aromatic carbocycles. The van der Waals surface area contributed by atoms with Gasteiger partial charge in [0.05, 0.1) is 10.6 Å². The molecule has 0 aromatic heterocycles. The highest BCUT2D eigenvalue weighted by atomic mass is 35.5. The Bertz CT molecular complexity index is 758. The van der Waals surface area contributed by atoms with E-state index in [0.717, 1.165) is 5.56 Å². The zero-order valence-corrected chi connectivity index (χ0v) is 12.7. The Balaban J connectivity index is 2.46. The largest absolute Gasteiger partial charge is 0.398 e. The first-order chi connectivity index (χ1) is 9.31. The Morgan fingerprint density at radius 1 is 1.15 bits per heavy atom. The molecule has 0 heterocycles. The molecule has 106 valence electrons. The van der Waals surface area contributed by atoms with E-state index in [-0.39, 0.29) is 4.90 Å². The number of anilines is 2. The molecule has 0 saturated heterocycles. The van der Waals surface area contributed by atoms with E-state index in [0.29, 0.717) is 22.0 Å². The summed E-state index contributed by atoms with van der Waals surface area (Å²) in [7, 11) is -3.69. The summed E-state index contributed by atoms with van der Waals surface area (Å²) in [4.78, 5) is 0.164. The predicted molar refractivity (Wildman–Crippen MR) is 82.6 cm³/mol. The minimum atomic E-state index is -3.69. The van der Waals surface area contributed by atoms with E-state index >= 15 is 0 Å². The van der Waals surface area contributed by atoms with Crippen molar-refractivity contribution in [2.75, 3.05) is 10.5 Å². The molecule has 3 N–H and O–H groups in total. The first-order valence-corrected chi connectivity index (χ1v) is 7.81. The summed E-state index contributed by atoms with van der Waals surface area (Å²) in [5, 5.41) is 0.470. The SMILES string of the molecule is Cc1ccc(Cl)cc1NS(=O)(=O)c1cccc(N)c1C. The zero-order chi connectivity index (χ0) is 14.9. The van der Waals surface area contributed by atoms with Gasteiger partial charge in [-0.2, -0.15) is 0 Å². The van der Waals surface area contributed by atoms with Gasteiger partial charge < -0.3 is 5.73 Å². The van der Waals surface area contributed by atoms with Crippen LogP contribution in [0.1, 0.15) is 11.1 Å².